The van der Waals surface area contributed by atoms with Gasteiger partial charge in [-0.3, -0.25) is 28.3 Å². The smallest absolute Gasteiger partial charge is 0.377 e. The van der Waals surface area contributed by atoms with Gasteiger partial charge < -0.3 is 26.6 Å². The van der Waals surface area contributed by atoms with E-state index in [9.17, 15) is 19.2 Å². The molecule has 0 aliphatic carbocycles. The average Bonchev–Trinajstić information content (AvgIpc) is 3.28. The van der Waals surface area contributed by atoms with E-state index < -0.39 is 39.8 Å². The molecule has 0 saturated heterocycles. The van der Waals surface area contributed by atoms with E-state index >= 15 is 0 Å². The van der Waals surface area contributed by atoms with Crippen LogP contribution in [0, 0.1) is 0 Å². The molecule has 0 atom stereocenters. The highest BCUT2D eigenvalue weighted by Gasteiger charge is 2.38. The van der Waals surface area contributed by atoms with Crippen molar-refractivity contribution in [3.8, 4) is 0 Å². The number of fused-ring (bicyclic) bond motifs is 2. The fourth-order valence-corrected chi connectivity index (χ4v) is 7.91. The van der Waals surface area contributed by atoms with Crippen LogP contribution in [0.1, 0.15) is 12.8 Å². The van der Waals surface area contributed by atoms with Gasteiger partial charge in [-0.1, -0.05) is 0 Å². The Kier molecular flexibility index (Phi) is 8.94. The molecule has 12 nitrogen and oxygen atoms in total. The monoisotopic (exact) mass is 540 g/mol. The topological polar surface area (TPSA) is 134 Å². The van der Waals surface area contributed by atoms with Gasteiger partial charge in [-0.05, 0) is 25.0 Å². The van der Waals surface area contributed by atoms with Crippen LogP contribution in [0.5, 0.6) is 0 Å². The molecule has 1 aromatic carbocycles. The molecule has 36 heavy (non-hydrogen) atoms. The molecule has 0 aliphatic heterocycles. The Labute approximate surface area is 209 Å². The summed E-state index contributed by atoms with van der Waals surface area (Å²) in [4.78, 5) is 52.0. The third-order valence-corrected chi connectivity index (χ3v) is 12.3. The Morgan fingerprint density at radius 1 is 0.528 bits per heavy atom. The van der Waals surface area contributed by atoms with Crippen LogP contribution in [-0.2, 0) is 39.6 Å². The second kappa shape index (κ2) is 11.4. The molecule has 14 heteroatoms. The molecule has 0 spiro atoms. The summed E-state index contributed by atoms with van der Waals surface area (Å²) >= 11 is 0. The first-order valence-electron chi connectivity index (χ1n) is 11.4. The van der Waals surface area contributed by atoms with E-state index in [0.717, 1.165) is 9.13 Å². The third-order valence-electron chi connectivity index (χ3n) is 6.66. The van der Waals surface area contributed by atoms with Crippen molar-refractivity contribution in [1.82, 2.24) is 9.13 Å². The van der Waals surface area contributed by atoms with Gasteiger partial charge in [-0.25, -0.2) is 0 Å². The van der Waals surface area contributed by atoms with E-state index in [1.165, 1.54) is 54.8 Å². The van der Waals surface area contributed by atoms with E-state index in [4.69, 9.17) is 26.6 Å². The highest BCUT2D eigenvalue weighted by atomic mass is 28.4. The van der Waals surface area contributed by atoms with Crippen molar-refractivity contribution >= 4 is 39.2 Å². The van der Waals surface area contributed by atoms with Gasteiger partial charge in [0.1, 0.15) is 0 Å². The maximum Gasteiger partial charge on any atom is 0.500 e. The predicted octanol–water partition coefficient (Wildman–Crippen LogP) is 0.449. The van der Waals surface area contributed by atoms with Gasteiger partial charge in [0.05, 0.1) is 21.5 Å². The van der Waals surface area contributed by atoms with Crippen LogP contribution in [0.25, 0.3) is 21.5 Å². The Morgan fingerprint density at radius 2 is 0.778 bits per heavy atom. The van der Waals surface area contributed by atoms with Crippen molar-refractivity contribution in [3.63, 3.8) is 0 Å². The number of benzene rings is 1. The lowest BCUT2D eigenvalue weighted by Crippen LogP contribution is -2.43. The summed E-state index contributed by atoms with van der Waals surface area (Å²) in [5, 5.41) is 0.445. The van der Waals surface area contributed by atoms with E-state index in [0.29, 0.717) is 24.9 Å². The maximum atomic E-state index is 13.0. The average molecular weight is 541 g/mol. The van der Waals surface area contributed by atoms with Crippen molar-refractivity contribution < 1.29 is 26.6 Å². The van der Waals surface area contributed by atoms with Crippen molar-refractivity contribution in [2.75, 3.05) is 42.7 Å². The molecule has 0 N–H and O–H groups in total. The van der Waals surface area contributed by atoms with Gasteiger partial charge in [0.25, 0.3) is 22.2 Å². The highest BCUT2D eigenvalue weighted by molar-refractivity contribution is 6.60. The number of hydrogen-bond acceptors (Lipinski definition) is 10. The van der Waals surface area contributed by atoms with Gasteiger partial charge in [-0.15, -0.1) is 0 Å². The Hall–Kier alpha value is -2.31. The second-order valence-corrected chi connectivity index (χ2v) is 14.4. The Bertz CT molecular complexity index is 1220. The maximum absolute atomic E-state index is 13.0. The molecule has 3 aromatic rings. The summed E-state index contributed by atoms with van der Waals surface area (Å²) in [6, 6.07) is 3.52. The molecule has 3 rings (SSSR count). The zero-order valence-electron chi connectivity index (χ0n) is 21.4. The van der Waals surface area contributed by atoms with Crippen LogP contribution in [0.3, 0.4) is 0 Å². The van der Waals surface area contributed by atoms with Crippen LogP contribution in [0.2, 0.25) is 12.1 Å². The molecule has 0 amide bonds. The number of aromatic nitrogens is 2. The van der Waals surface area contributed by atoms with Crippen molar-refractivity contribution in [2.24, 2.45) is 0 Å². The van der Waals surface area contributed by atoms with Crippen LogP contribution in [0.4, 0.5) is 0 Å². The van der Waals surface area contributed by atoms with Gasteiger partial charge in [0, 0.05) is 67.8 Å². The van der Waals surface area contributed by atoms with Crippen LogP contribution >= 0.6 is 0 Å². The largest absolute Gasteiger partial charge is 0.500 e. The van der Waals surface area contributed by atoms with Crippen LogP contribution in [-0.4, -0.2) is 69.4 Å². The molecule has 2 heterocycles. The predicted molar refractivity (Wildman–Crippen MR) is 137 cm³/mol. The summed E-state index contributed by atoms with van der Waals surface area (Å²) < 4.78 is 34.5. The SMILES string of the molecule is CO[Si](CCCn1c(=O)c2cc3c(=O)n(CCC[Si](OC)(OC)OC)c(=O)c3cc2c1=O)(OC)OC. The van der Waals surface area contributed by atoms with E-state index in [1.54, 1.807) is 0 Å². The molecule has 0 bridgehead atoms. The molecule has 2 aromatic heterocycles. The lowest BCUT2D eigenvalue weighted by atomic mass is 10.1. The van der Waals surface area contributed by atoms with Gasteiger partial charge in [0.2, 0.25) is 0 Å². The van der Waals surface area contributed by atoms with Crippen molar-refractivity contribution in [3.05, 3.63) is 53.5 Å². The van der Waals surface area contributed by atoms with Crippen molar-refractivity contribution in [1.29, 1.82) is 0 Å². The lowest BCUT2D eigenvalue weighted by Gasteiger charge is -2.24. The van der Waals surface area contributed by atoms with Crippen molar-refractivity contribution in [2.45, 2.75) is 38.0 Å². The minimum Gasteiger partial charge on any atom is -0.377 e. The summed E-state index contributed by atoms with van der Waals surface area (Å²) in [7, 11) is 3.25. The van der Waals surface area contributed by atoms with E-state index in [1.807, 2.05) is 0 Å². The molecule has 198 valence electrons. The number of nitrogens with zero attached hydrogens (tertiary/aromatic N) is 2. The van der Waals surface area contributed by atoms with E-state index in [2.05, 4.69) is 0 Å². The standard InChI is InChI=1S/C22H32N2O10Si2/c1-29-35(30-2,31-3)11-7-9-23-19(25)15-13-17-18(14-16(15)20(23)26)22(28)24(21(17)27)10-8-12-36(32-4,33-5)34-6/h13-14H,7-12H2,1-6H3. The summed E-state index contributed by atoms with van der Waals surface area (Å²) in [6.07, 6.45) is 0.821. The van der Waals surface area contributed by atoms with Gasteiger partial charge >= 0.3 is 17.6 Å². The van der Waals surface area contributed by atoms with Crippen LogP contribution in [0.15, 0.2) is 31.3 Å². The minimum atomic E-state index is -2.85. The third kappa shape index (κ3) is 4.95. The fourth-order valence-electron chi connectivity index (χ4n) is 4.50. The Balaban J connectivity index is 1.91. The normalized spacial score (nSPS) is 12.8. The zero-order valence-corrected chi connectivity index (χ0v) is 23.4. The quantitative estimate of drug-likeness (QED) is 0.265. The Morgan fingerprint density at radius 3 is 1.00 bits per heavy atom. The molecule has 0 saturated carbocycles. The fraction of sp³-hybridized carbons (Fsp3) is 0.545. The molecule has 0 aliphatic rings. The first-order chi connectivity index (χ1) is 17.2. The first kappa shape index (κ1) is 28.3. The number of hydrogen-bond donors (Lipinski definition) is 0. The summed E-state index contributed by atoms with van der Waals surface area (Å²) in [5.74, 6) is 0. The molecular formula is C22H32N2O10Si2. The first-order valence-corrected chi connectivity index (χ1v) is 15.2. The molecule has 0 radical (unpaired) electrons. The van der Waals surface area contributed by atoms with E-state index in [-0.39, 0.29) is 34.6 Å². The minimum absolute atomic E-state index is 0.111. The van der Waals surface area contributed by atoms with Gasteiger partial charge in [0.15, 0.2) is 0 Å². The second-order valence-electron chi connectivity index (χ2n) is 8.27. The lowest BCUT2D eigenvalue weighted by molar-refractivity contribution is 0.122. The van der Waals surface area contributed by atoms with Crippen LogP contribution < -0.4 is 22.2 Å². The van der Waals surface area contributed by atoms with Gasteiger partial charge in [-0.2, -0.15) is 0 Å². The summed E-state index contributed by atoms with van der Waals surface area (Å²) in [5.41, 5.74) is -2.03. The molecule has 0 unspecified atom stereocenters. The zero-order chi connectivity index (χ0) is 26.7. The molecule has 0 fully saturated rings. The number of rotatable bonds is 14. The summed E-state index contributed by atoms with van der Waals surface area (Å²) in [6.45, 7) is 0.250. The highest BCUT2D eigenvalue weighted by Crippen LogP contribution is 2.18. The molecular weight excluding hydrogens is 508 g/mol.